The smallest absolute Gasteiger partial charge is 0.245 e. The summed E-state index contributed by atoms with van der Waals surface area (Å²) in [6.45, 7) is 8.54. The van der Waals surface area contributed by atoms with Crippen molar-refractivity contribution in [3.63, 3.8) is 0 Å². The van der Waals surface area contributed by atoms with Gasteiger partial charge in [-0.1, -0.05) is 0 Å². The zero-order valence-corrected chi connectivity index (χ0v) is 10.2. The van der Waals surface area contributed by atoms with E-state index in [2.05, 4.69) is 35.1 Å². The van der Waals surface area contributed by atoms with E-state index < -0.39 is 0 Å². The van der Waals surface area contributed by atoms with E-state index in [-0.39, 0.29) is 6.04 Å². The molecule has 0 bridgehead atoms. The zero-order chi connectivity index (χ0) is 12.1. The second kappa shape index (κ2) is 5.40. The standard InChI is InChI=1S/C11H17N5/c1-8(2)16(7-5-6-12)11-13-9(3)10(4)14-15-11/h8H,5,7H2,1-4H3. The van der Waals surface area contributed by atoms with Gasteiger partial charge in [0.2, 0.25) is 5.95 Å². The second-order valence-corrected chi connectivity index (χ2v) is 3.98. The molecule has 1 rings (SSSR count). The molecule has 5 heteroatoms. The highest BCUT2D eigenvalue weighted by molar-refractivity contribution is 5.31. The van der Waals surface area contributed by atoms with E-state index >= 15 is 0 Å². The number of hydrogen-bond acceptors (Lipinski definition) is 5. The van der Waals surface area contributed by atoms with Gasteiger partial charge in [0.25, 0.3) is 0 Å². The highest BCUT2D eigenvalue weighted by Crippen LogP contribution is 2.12. The lowest BCUT2D eigenvalue weighted by atomic mass is 10.3. The predicted molar refractivity (Wildman–Crippen MR) is 62.0 cm³/mol. The van der Waals surface area contributed by atoms with Gasteiger partial charge in [0, 0.05) is 12.6 Å². The van der Waals surface area contributed by atoms with E-state index in [0.29, 0.717) is 18.9 Å². The normalized spacial score (nSPS) is 10.2. The number of nitriles is 1. The molecule has 0 saturated heterocycles. The van der Waals surface area contributed by atoms with Crippen LogP contribution in [0.4, 0.5) is 5.95 Å². The molecular weight excluding hydrogens is 202 g/mol. The van der Waals surface area contributed by atoms with Gasteiger partial charge < -0.3 is 4.90 Å². The zero-order valence-electron chi connectivity index (χ0n) is 10.2. The van der Waals surface area contributed by atoms with E-state index in [0.717, 1.165) is 11.4 Å². The maximum absolute atomic E-state index is 8.61. The van der Waals surface area contributed by atoms with Gasteiger partial charge in [0.05, 0.1) is 23.9 Å². The minimum atomic E-state index is 0.261. The first-order valence-electron chi connectivity index (χ1n) is 5.37. The minimum absolute atomic E-state index is 0.261. The summed E-state index contributed by atoms with van der Waals surface area (Å²) in [6.07, 6.45) is 0.467. The molecule has 0 aliphatic heterocycles. The van der Waals surface area contributed by atoms with E-state index in [4.69, 9.17) is 5.26 Å². The van der Waals surface area contributed by atoms with Crippen molar-refractivity contribution < 1.29 is 0 Å². The lowest BCUT2D eigenvalue weighted by Crippen LogP contribution is -2.33. The van der Waals surface area contributed by atoms with Crippen LogP contribution in [0.15, 0.2) is 0 Å². The van der Waals surface area contributed by atoms with Crippen LogP contribution < -0.4 is 4.90 Å². The summed E-state index contributed by atoms with van der Waals surface area (Å²) in [4.78, 5) is 6.38. The Balaban J connectivity index is 2.93. The van der Waals surface area contributed by atoms with Crippen LogP contribution in [0, 0.1) is 25.2 Å². The quantitative estimate of drug-likeness (QED) is 0.769. The van der Waals surface area contributed by atoms with Crippen molar-refractivity contribution in [2.24, 2.45) is 0 Å². The largest absolute Gasteiger partial charge is 0.336 e. The number of anilines is 1. The third-order valence-electron chi connectivity index (χ3n) is 2.43. The molecule has 1 heterocycles. The van der Waals surface area contributed by atoms with Gasteiger partial charge in [0.15, 0.2) is 0 Å². The Morgan fingerprint density at radius 1 is 1.25 bits per heavy atom. The molecule has 0 unspecified atom stereocenters. The molecule has 0 radical (unpaired) electrons. The number of aromatic nitrogens is 3. The summed E-state index contributed by atoms with van der Waals surface area (Å²) in [5.74, 6) is 0.605. The van der Waals surface area contributed by atoms with Crippen LogP contribution in [0.5, 0.6) is 0 Å². The fourth-order valence-electron chi connectivity index (χ4n) is 1.33. The topological polar surface area (TPSA) is 65.7 Å². The van der Waals surface area contributed by atoms with E-state index in [1.54, 1.807) is 0 Å². The molecule has 1 aromatic rings. The molecule has 0 N–H and O–H groups in total. The van der Waals surface area contributed by atoms with Crippen molar-refractivity contribution in [3.05, 3.63) is 11.4 Å². The van der Waals surface area contributed by atoms with Crippen molar-refractivity contribution in [1.29, 1.82) is 5.26 Å². The van der Waals surface area contributed by atoms with Crippen LogP contribution in [-0.4, -0.2) is 27.8 Å². The Morgan fingerprint density at radius 2 is 1.94 bits per heavy atom. The van der Waals surface area contributed by atoms with Gasteiger partial charge in [-0.3, -0.25) is 0 Å². The van der Waals surface area contributed by atoms with Crippen LogP contribution in [-0.2, 0) is 0 Å². The molecular formula is C11H17N5. The molecule has 0 aliphatic carbocycles. The van der Waals surface area contributed by atoms with E-state index in [1.807, 2.05) is 18.7 Å². The summed E-state index contributed by atoms with van der Waals surface area (Å²) in [5.41, 5.74) is 1.72. The van der Waals surface area contributed by atoms with Crippen LogP contribution in [0.1, 0.15) is 31.7 Å². The van der Waals surface area contributed by atoms with Gasteiger partial charge in [-0.05, 0) is 27.7 Å². The Labute approximate surface area is 96.1 Å². The van der Waals surface area contributed by atoms with Gasteiger partial charge >= 0.3 is 0 Å². The molecule has 0 aromatic carbocycles. The summed E-state index contributed by atoms with van der Waals surface area (Å²) in [7, 11) is 0. The van der Waals surface area contributed by atoms with Crippen molar-refractivity contribution >= 4 is 5.95 Å². The summed E-state index contributed by atoms with van der Waals surface area (Å²) < 4.78 is 0. The average molecular weight is 219 g/mol. The fourth-order valence-corrected chi connectivity index (χ4v) is 1.33. The number of nitrogens with zero attached hydrogens (tertiary/aromatic N) is 5. The molecule has 5 nitrogen and oxygen atoms in total. The lowest BCUT2D eigenvalue weighted by Gasteiger charge is -2.25. The van der Waals surface area contributed by atoms with Crippen LogP contribution in [0.25, 0.3) is 0 Å². The molecule has 0 amide bonds. The van der Waals surface area contributed by atoms with Crippen LogP contribution in [0.2, 0.25) is 0 Å². The molecule has 16 heavy (non-hydrogen) atoms. The highest BCUT2D eigenvalue weighted by atomic mass is 15.3. The maximum atomic E-state index is 8.61. The maximum Gasteiger partial charge on any atom is 0.245 e. The second-order valence-electron chi connectivity index (χ2n) is 3.98. The Morgan fingerprint density at radius 3 is 2.44 bits per heavy atom. The molecule has 0 spiro atoms. The predicted octanol–water partition coefficient (Wildman–Crippen LogP) is 1.62. The first kappa shape index (κ1) is 12.4. The van der Waals surface area contributed by atoms with Gasteiger partial charge in [0.1, 0.15) is 0 Å². The van der Waals surface area contributed by atoms with E-state index in [1.165, 1.54) is 0 Å². The van der Waals surface area contributed by atoms with Crippen molar-refractivity contribution in [2.75, 3.05) is 11.4 Å². The Hall–Kier alpha value is -1.70. The SMILES string of the molecule is Cc1nnc(N(CCC#N)C(C)C)nc1C. The molecule has 86 valence electrons. The summed E-state index contributed by atoms with van der Waals surface area (Å²) in [6, 6.07) is 2.39. The number of hydrogen-bond donors (Lipinski definition) is 0. The molecule has 0 aliphatic rings. The van der Waals surface area contributed by atoms with Crippen molar-refractivity contribution in [3.8, 4) is 6.07 Å². The Kier molecular flexibility index (Phi) is 4.18. The lowest BCUT2D eigenvalue weighted by molar-refractivity contribution is 0.652. The Bertz CT molecular complexity index is 394. The first-order valence-corrected chi connectivity index (χ1v) is 5.37. The van der Waals surface area contributed by atoms with Crippen LogP contribution >= 0.6 is 0 Å². The molecule has 0 fully saturated rings. The van der Waals surface area contributed by atoms with Gasteiger partial charge in [-0.2, -0.15) is 10.4 Å². The molecule has 1 aromatic heterocycles. The van der Waals surface area contributed by atoms with E-state index in [9.17, 15) is 0 Å². The molecule has 0 atom stereocenters. The third-order valence-corrected chi connectivity index (χ3v) is 2.43. The minimum Gasteiger partial charge on any atom is -0.336 e. The number of aryl methyl sites for hydroxylation is 2. The number of rotatable bonds is 4. The molecule has 0 saturated carbocycles. The van der Waals surface area contributed by atoms with Crippen molar-refractivity contribution in [1.82, 2.24) is 15.2 Å². The summed E-state index contributed by atoms with van der Waals surface area (Å²) in [5, 5.41) is 16.7. The monoisotopic (exact) mass is 219 g/mol. The average Bonchev–Trinajstić information content (AvgIpc) is 2.23. The highest BCUT2D eigenvalue weighted by Gasteiger charge is 2.14. The van der Waals surface area contributed by atoms with Crippen LogP contribution in [0.3, 0.4) is 0 Å². The fraction of sp³-hybridized carbons (Fsp3) is 0.636. The third kappa shape index (κ3) is 2.89. The van der Waals surface area contributed by atoms with Gasteiger partial charge in [-0.15, -0.1) is 5.10 Å². The van der Waals surface area contributed by atoms with Crippen molar-refractivity contribution in [2.45, 2.75) is 40.2 Å². The van der Waals surface area contributed by atoms with Gasteiger partial charge in [-0.25, -0.2) is 4.98 Å². The summed E-state index contributed by atoms with van der Waals surface area (Å²) >= 11 is 0. The first-order chi connectivity index (χ1) is 7.56.